The number of esters is 1. The van der Waals surface area contributed by atoms with Gasteiger partial charge < -0.3 is 20.1 Å². The molecule has 0 aliphatic heterocycles. The molecule has 2 aromatic rings. The van der Waals surface area contributed by atoms with Crippen LogP contribution in [0.2, 0.25) is 10.0 Å². The minimum atomic E-state index is -0.597. The van der Waals surface area contributed by atoms with E-state index in [1.807, 2.05) is 0 Å². The molecule has 33 heavy (non-hydrogen) atoms. The van der Waals surface area contributed by atoms with E-state index in [0.717, 1.165) is 37.0 Å². The molecular weight excluding hydrogens is 487 g/mol. The summed E-state index contributed by atoms with van der Waals surface area (Å²) in [6.07, 6.45) is 5.23. The van der Waals surface area contributed by atoms with Crippen LogP contribution < -0.4 is 15.4 Å². The standard InChI is InChI=1S/C23H26Cl2N2O5S/c1-3-31-23(30)19-13(2)20(21(29)26-15-7-5-4-6-8-15)33-22(19)27-18(28)12-32-17-10-9-14(24)11-16(17)25/h9-11,15H,3-8,12H2,1-2H3,(H,26,29)(H,27,28). The van der Waals surface area contributed by atoms with E-state index in [1.165, 1.54) is 12.5 Å². The highest BCUT2D eigenvalue weighted by Gasteiger charge is 2.28. The Hall–Kier alpha value is -2.29. The van der Waals surface area contributed by atoms with Crippen molar-refractivity contribution in [1.29, 1.82) is 0 Å². The fourth-order valence-electron chi connectivity index (χ4n) is 3.66. The van der Waals surface area contributed by atoms with Gasteiger partial charge in [-0.1, -0.05) is 42.5 Å². The predicted molar refractivity (Wildman–Crippen MR) is 130 cm³/mol. The summed E-state index contributed by atoms with van der Waals surface area (Å²) in [7, 11) is 0. The molecule has 0 atom stereocenters. The molecular formula is C23H26Cl2N2O5S. The van der Waals surface area contributed by atoms with Crippen molar-refractivity contribution in [1.82, 2.24) is 5.32 Å². The third-order valence-electron chi connectivity index (χ3n) is 5.28. The minimum absolute atomic E-state index is 0.120. The lowest BCUT2D eigenvalue weighted by molar-refractivity contribution is -0.118. The molecule has 1 aromatic heterocycles. The molecule has 2 N–H and O–H groups in total. The summed E-state index contributed by atoms with van der Waals surface area (Å²) in [5.41, 5.74) is 0.650. The van der Waals surface area contributed by atoms with Crippen LogP contribution in [0.25, 0.3) is 0 Å². The van der Waals surface area contributed by atoms with Gasteiger partial charge in [-0.3, -0.25) is 9.59 Å². The maximum atomic E-state index is 12.9. The van der Waals surface area contributed by atoms with Gasteiger partial charge in [0.2, 0.25) is 0 Å². The highest BCUT2D eigenvalue weighted by atomic mass is 35.5. The van der Waals surface area contributed by atoms with Crippen LogP contribution in [-0.4, -0.2) is 37.0 Å². The van der Waals surface area contributed by atoms with Crippen LogP contribution in [-0.2, 0) is 9.53 Å². The zero-order valence-electron chi connectivity index (χ0n) is 18.5. The number of rotatable bonds is 8. The van der Waals surface area contributed by atoms with E-state index in [-0.39, 0.29) is 40.7 Å². The maximum Gasteiger partial charge on any atom is 0.341 e. The lowest BCUT2D eigenvalue weighted by atomic mass is 9.95. The Bertz CT molecular complexity index is 1030. The number of nitrogens with one attached hydrogen (secondary N) is 2. The smallest absolute Gasteiger partial charge is 0.341 e. The van der Waals surface area contributed by atoms with Gasteiger partial charge in [0.25, 0.3) is 11.8 Å². The summed E-state index contributed by atoms with van der Waals surface area (Å²) in [4.78, 5) is 38.4. The third kappa shape index (κ3) is 6.62. The number of benzene rings is 1. The first-order valence-electron chi connectivity index (χ1n) is 10.8. The number of hydrogen-bond acceptors (Lipinski definition) is 6. The van der Waals surface area contributed by atoms with Crippen molar-refractivity contribution in [3.63, 3.8) is 0 Å². The Balaban J connectivity index is 1.75. The van der Waals surface area contributed by atoms with Crippen molar-refractivity contribution >= 4 is 57.3 Å². The second-order valence-electron chi connectivity index (χ2n) is 7.70. The van der Waals surface area contributed by atoms with Crippen LogP contribution in [0.4, 0.5) is 5.00 Å². The minimum Gasteiger partial charge on any atom is -0.482 e. The average Bonchev–Trinajstić information content (AvgIpc) is 3.09. The molecule has 3 rings (SSSR count). The van der Waals surface area contributed by atoms with E-state index in [0.29, 0.717) is 21.2 Å². The first-order valence-corrected chi connectivity index (χ1v) is 12.4. The number of ether oxygens (including phenoxy) is 2. The van der Waals surface area contributed by atoms with E-state index in [4.69, 9.17) is 32.7 Å². The predicted octanol–water partition coefficient (Wildman–Crippen LogP) is 5.62. The van der Waals surface area contributed by atoms with Gasteiger partial charge in [0.15, 0.2) is 6.61 Å². The number of carbonyl (C=O) groups excluding carboxylic acids is 3. The molecule has 1 saturated carbocycles. The molecule has 2 amide bonds. The van der Waals surface area contributed by atoms with E-state index < -0.39 is 11.9 Å². The highest BCUT2D eigenvalue weighted by Crippen LogP contribution is 2.34. The normalized spacial score (nSPS) is 13.9. The zero-order chi connectivity index (χ0) is 24.0. The molecule has 178 valence electrons. The Morgan fingerprint density at radius 1 is 1.15 bits per heavy atom. The number of halogens is 2. The summed E-state index contributed by atoms with van der Waals surface area (Å²) in [5, 5.41) is 6.70. The van der Waals surface area contributed by atoms with E-state index in [2.05, 4.69) is 10.6 Å². The van der Waals surface area contributed by atoms with E-state index in [9.17, 15) is 14.4 Å². The molecule has 1 fully saturated rings. The molecule has 0 radical (unpaired) electrons. The number of thiophene rings is 1. The van der Waals surface area contributed by atoms with Gasteiger partial charge in [-0.15, -0.1) is 11.3 Å². The fourth-order valence-corrected chi connectivity index (χ4v) is 5.24. The Labute approximate surface area is 206 Å². The van der Waals surface area contributed by atoms with Gasteiger partial charge >= 0.3 is 5.97 Å². The molecule has 1 heterocycles. The van der Waals surface area contributed by atoms with Crippen LogP contribution in [0.5, 0.6) is 5.75 Å². The lowest BCUT2D eigenvalue weighted by Gasteiger charge is -2.22. The monoisotopic (exact) mass is 512 g/mol. The van der Waals surface area contributed by atoms with Crippen LogP contribution in [0, 0.1) is 6.92 Å². The van der Waals surface area contributed by atoms with Gasteiger partial charge in [0.1, 0.15) is 10.8 Å². The molecule has 0 spiro atoms. The Morgan fingerprint density at radius 3 is 2.55 bits per heavy atom. The number of amides is 2. The van der Waals surface area contributed by atoms with Gasteiger partial charge in [-0.25, -0.2) is 4.79 Å². The molecule has 1 aliphatic carbocycles. The highest BCUT2D eigenvalue weighted by molar-refractivity contribution is 7.18. The SMILES string of the molecule is CCOC(=O)c1c(NC(=O)COc2ccc(Cl)cc2Cl)sc(C(=O)NC2CCCCC2)c1C. The summed E-state index contributed by atoms with van der Waals surface area (Å²) in [6, 6.07) is 4.79. The van der Waals surface area contributed by atoms with Crippen molar-refractivity contribution < 1.29 is 23.9 Å². The quantitative estimate of drug-likeness (QED) is 0.447. The number of hydrogen-bond donors (Lipinski definition) is 2. The number of anilines is 1. The first kappa shape index (κ1) is 25.3. The van der Waals surface area contributed by atoms with E-state index in [1.54, 1.807) is 26.0 Å². The molecule has 7 nitrogen and oxygen atoms in total. The van der Waals surface area contributed by atoms with Crippen LogP contribution in [0.3, 0.4) is 0 Å². The second-order valence-corrected chi connectivity index (χ2v) is 9.57. The fraction of sp³-hybridized carbons (Fsp3) is 0.435. The van der Waals surface area contributed by atoms with Crippen molar-refractivity contribution in [3.05, 3.63) is 44.2 Å². The van der Waals surface area contributed by atoms with E-state index >= 15 is 0 Å². The third-order valence-corrected chi connectivity index (χ3v) is 7.02. The summed E-state index contributed by atoms with van der Waals surface area (Å²) in [6.45, 7) is 3.20. The Kier molecular flexibility index (Phi) is 9.00. The maximum absolute atomic E-state index is 12.9. The number of carbonyl (C=O) groups is 3. The lowest BCUT2D eigenvalue weighted by Crippen LogP contribution is -2.36. The second kappa shape index (κ2) is 11.7. The Morgan fingerprint density at radius 2 is 1.88 bits per heavy atom. The molecule has 10 heteroatoms. The van der Waals surface area contributed by atoms with Gasteiger partial charge in [-0.2, -0.15) is 0 Å². The summed E-state index contributed by atoms with van der Waals surface area (Å²) < 4.78 is 10.6. The molecule has 0 bridgehead atoms. The van der Waals surface area contributed by atoms with Crippen LogP contribution in [0.15, 0.2) is 18.2 Å². The molecule has 1 aromatic carbocycles. The van der Waals surface area contributed by atoms with Crippen molar-refractivity contribution in [2.75, 3.05) is 18.5 Å². The summed E-state index contributed by atoms with van der Waals surface area (Å²) >= 11 is 13.0. The molecule has 0 saturated heterocycles. The average molecular weight is 513 g/mol. The van der Waals surface area contributed by atoms with Crippen molar-refractivity contribution in [2.45, 2.75) is 52.0 Å². The van der Waals surface area contributed by atoms with Gasteiger partial charge in [0, 0.05) is 11.1 Å². The largest absolute Gasteiger partial charge is 0.482 e. The van der Waals surface area contributed by atoms with Crippen LogP contribution >= 0.6 is 34.5 Å². The summed E-state index contributed by atoms with van der Waals surface area (Å²) in [5.74, 6) is -1.05. The van der Waals surface area contributed by atoms with Gasteiger partial charge in [0.05, 0.1) is 22.1 Å². The van der Waals surface area contributed by atoms with Gasteiger partial charge in [-0.05, 0) is 50.5 Å². The van der Waals surface area contributed by atoms with Crippen molar-refractivity contribution in [3.8, 4) is 5.75 Å². The molecule has 1 aliphatic rings. The zero-order valence-corrected chi connectivity index (χ0v) is 20.8. The topological polar surface area (TPSA) is 93.7 Å². The van der Waals surface area contributed by atoms with Crippen molar-refractivity contribution in [2.24, 2.45) is 0 Å². The molecule has 0 unspecified atom stereocenters. The van der Waals surface area contributed by atoms with Crippen LogP contribution in [0.1, 0.15) is 64.6 Å². The first-order chi connectivity index (χ1) is 15.8.